The Balaban J connectivity index is 3.41. The van der Waals surface area contributed by atoms with E-state index in [1.54, 1.807) is 19.9 Å². The summed E-state index contributed by atoms with van der Waals surface area (Å²) in [6, 6.07) is 4.31. The fourth-order valence-corrected chi connectivity index (χ4v) is 3.28. The summed E-state index contributed by atoms with van der Waals surface area (Å²) in [5.74, 6) is 0. The molecular weight excluding hydrogens is 292 g/mol. The molecule has 0 unspecified atom stereocenters. The third-order valence-corrected chi connectivity index (χ3v) is 5.35. The van der Waals surface area contributed by atoms with Crippen molar-refractivity contribution in [2.75, 3.05) is 7.05 Å². The van der Waals surface area contributed by atoms with Gasteiger partial charge in [-0.2, -0.15) is 4.31 Å². The van der Waals surface area contributed by atoms with Crippen molar-refractivity contribution >= 4 is 38.8 Å². The largest absolute Gasteiger partial charge is 0.389 e. The molecule has 0 aliphatic heterocycles. The molecule has 0 heterocycles. The highest BCUT2D eigenvalue weighted by Gasteiger charge is 2.26. The van der Waals surface area contributed by atoms with Crippen LogP contribution >= 0.6 is 23.8 Å². The molecule has 100 valence electrons. The van der Waals surface area contributed by atoms with Gasteiger partial charge in [-0.05, 0) is 26.0 Å². The minimum atomic E-state index is -3.64. The molecular formula is C11H15ClN2O2S2. The van der Waals surface area contributed by atoms with E-state index in [1.807, 2.05) is 0 Å². The highest BCUT2D eigenvalue weighted by Crippen LogP contribution is 2.26. The molecule has 4 nitrogen and oxygen atoms in total. The molecule has 0 spiro atoms. The molecule has 1 aromatic carbocycles. The molecule has 18 heavy (non-hydrogen) atoms. The van der Waals surface area contributed by atoms with E-state index in [2.05, 4.69) is 0 Å². The molecule has 0 saturated heterocycles. The van der Waals surface area contributed by atoms with Crippen molar-refractivity contribution in [2.45, 2.75) is 24.8 Å². The van der Waals surface area contributed by atoms with Crippen LogP contribution in [0.25, 0.3) is 0 Å². The van der Waals surface area contributed by atoms with Crippen LogP contribution in [-0.2, 0) is 10.0 Å². The van der Waals surface area contributed by atoms with Crippen LogP contribution in [0.4, 0.5) is 0 Å². The van der Waals surface area contributed by atoms with Crippen LogP contribution < -0.4 is 5.73 Å². The standard InChI is InChI=1S/C11H15ClN2O2S2/c1-7(2)14(3)18(15,16)10-6-8(11(13)17)4-5-9(10)12/h4-7H,1-3H3,(H2,13,17). The van der Waals surface area contributed by atoms with E-state index in [1.165, 1.54) is 23.5 Å². The molecule has 0 fully saturated rings. The first-order valence-corrected chi connectivity index (χ1v) is 7.48. The third kappa shape index (κ3) is 3.00. The van der Waals surface area contributed by atoms with Crippen molar-refractivity contribution < 1.29 is 8.42 Å². The molecule has 0 atom stereocenters. The number of benzene rings is 1. The average molecular weight is 307 g/mol. The molecule has 0 saturated carbocycles. The zero-order valence-corrected chi connectivity index (χ0v) is 12.7. The van der Waals surface area contributed by atoms with Gasteiger partial charge in [-0.1, -0.05) is 29.9 Å². The smallest absolute Gasteiger partial charge is 0.244 e. The zero-order chi connectivity index (χ0) is 14.1. The predicted molar refractivity (Wildman–Crippen MR) is 77.4 cm³/mol. The first-order chi connectivity index (χ1) is 8.17. The lowest BCUT2D eigenvalue weighted by atomic mass is 10.2. The van der Waals surface area contributed by atoms with Crippen LogP contribution in [0, 0.1) is 0 Å². The Kier molecular flexibility index (Phi) is 4.72. The summed E-state index contributed by atoms with van der Waals surface area (Å²) in [4.78, 5) is 0.154. The van der Waals surface area contributed by atoms with Gasteiger partial charge in [-0.3, -0.25) is 0 Å². The second kappa shape index (κ2) is 5.52. The maximum Gasteiger partial charge on any atom is 0.244 e. The fraction of sp³-hybridized carbons (Fsp3) is 0.364. The van der Waals surface area contributed by atoms with Crippen molar-refractivity contribution in [3.05, 3.63) is 28.8 Å². The molecule has 0 bridgehead atoms. The van der Waals surface area contributed by atoms with Gasteiger partial charge < -0.3 is 5.73 Å². The van der Waals surface area contributed by atoms with Gasteiger partial charge in [-0.25, -0.2) is 8.42 Å². The summed E-state index contributed by atoms with van der Waals surface area (Å²) in [7, 11) is -2.13. The molecule has 0 radical (unpaired) electrons. The molecule has 0 aromatic heterocycles. The number of halogens is 1. The maximum absolute atomic E-state index is 12.3. The number of thiocarbonyl (C=S) groups is 1. The molecule has 1 rings (SSSR count). The van der Waals surface area contributed by atoms with E-state index in [0.717, 1.165) is 0 Å². The van der Waals surface area contributed by atoms with Crippen LogP contribution in [0.3, 0.4) is 0 Å². The highest BCUT2D eigenvalue weighted by atomic mass is 35.5. The number of hydrogen-bond donors (Lipinski definition) is 1. The lowest BCUT2D eigenvalue weighted by Crippen LogP contribution is -2.33. The van der Waals surface area contributed by atoms with Crippen molar-refractivity contribution in [1.82, 2.24) is 4.31 Å². The quantitative estimate of drug-likeness (QED) is 0.864. The van der Waals surface area contributed by atoms with Crippen molar-refractivity contribution in [1.29, 1.82) is 0 Å². The van der Waals surface area contributed by atoms with Crippen molar-refractivity contribution in [3.63, 3.8) is 0 Å². The Morgan fingerprint density at radius 2 is 2.00 bits per heavy atom. The molecule has 0 amide bonds. The molecule has 1 aromatic rings. The van der Waals surface area contributed by atoms with Gasteiger partial charge in [0.25, 0.3) is 0 Å². The number of hydrogen-bond acceptors (Lipinski definition) is 3. The Bertz CT molecular complexity index is 570. The van der Waals surface area contributed by atoms with Crippen LogP contribution in [0.15, 0.2) is 23.1 Å². The minimum Gasteiger partial charge on any atom is -0.389 e. The Hall–Kier alpha value is -0.690. The van der Waals surface area contributed by atoms with E-state index in [4.69, 9.17) is 29.6 Å². The second-order valence-corrected chi connectivity index (χ2v) is 6.94. The van der Waals surface area contributed by atoms with Gasteiger partial charge in [0.2, 0.25) is 10.0 Å². The minimum absolute atomic E-state index is 0.0191. The van der Waals surface area contributed by atoms with E-state index in [-0.39, 0.29) is 20.9 Å². The van der Waals surface area contributed by atoms with Crippen molar-refractivity contribution in [3.8, 4) is 0 Å². The number of sulfonamides is 1. The van der Waals surface area contributed by atoms with Gasteiger partial charge in [0.05, 0.1) is 5.02 Å². The lowest BCUT2D eigenvalue weighted by molar-refractivity contribution is 0.410. The Morgan fingerprint density at radius 3 is 2.44 bits per heavy atom. The summed E-state index contributed by atoms with van der Waals surface area (Å²) in [5, 5.41) is 0.155. The highest BCUT2D eigenvalue weighted by molar-refractivity contribution is 7.89. The third-order valence-electron chi connectivity index (χ3n) is 2.60. The summed E-state index contributed by atoms with van der Waals surface area (Å²) in [5.41, 5.74) is 5.97. The van der Waals surface area contributed by atoms with Crippen LogP contribution in [0.5, 0.6) is 0 Å². The van der Waals surface area contributed by atoms with E-state index < -0.39 is 10.0 Å². The topological polar surface area (TPSA) is 63.4 Å². The number of nitrogens with two attached hydrogens (primary N) is 1. The van der Waals surface area contributed by atoms with Gasteiger partial charge in [0.15, 0.2) is 0 Å². The normalized spacial score (nSPS) is 12.1. The Morgan fingerprint density at radius 1 is 1.44 bits per heavy atom. The maximum atomic E-state index is 12.3. The van der Waals surface area contributed by atoms with Gasteiger partial charge in [0, 0.05) is 18.7 Å². The molecule has 0 aliphatic rings. The molecule has 0 aliphatic carbocycles. The van der Waals surface area contributed by atoms with Gasteiger partial charge in [-0.15, -0.1) is 0 Å². The molecule has 7 heteroatoms. The number of nitrogens with zero attached hydrogens (tertiary/aromatic N) is 1. The first kappa shape index (κ1) is 15.4. The molecule has 2 N–H and O–H groups in total. The fourth-order valence-electron chi connectivity index (χ4n) is 1.29. The van der Waals surface area contributed by atoms with Gasteiger partial charge >= 0.3 is 0 Å². The number of rotatable bonds is 4. The van der Waals surface area contributed by atoms with E-state index in [9.17, 15) is 8.42 Å². The Labute approximate surface area is 118 Å². The van der Waals surface area contributed by atoms with E-state index >= 15 is 0 Å². The summed E-state index contributed by atoms with van der Waals surface area (Å²) in [6.45, 7) is 3.56. The van der Waals surface area contributed by atoms with Crippen molar-refractivity contribution in [2.24, 2.45) is 5.73 Å². The average Bonchev–Trinajstić information content (AvgIpc) is 2.27. The summed E-state index contributed by atoms with van der Waals surface area (Å²) in [6.07, 6.45) is 0. The second-order valence-electron chi connectivity index (χ2n) is 4.12. The van der Waals surface area contributed by atoms with Crippen LogP contribution in [0.2, 0.25) is 5.02 Å². The zero-order valence-electron chi connectivity index (χ0n) is 10.3. The summed E-state index contributed by atoms with van der Waals surface area (Å²) < 4.78 is 25.9. The SMILES string of the molecule is CC(C)N(C)S(=O)(=O)c1cc(C(N)=S)ccc1Cl. The van der Waals surface area contributed by atoms with E-state index in [0.29, 0.717) is 5.56 Å². The van der Waals surface area contributed by atoms with Crippen LogP contribution in [-0.4, -0.2) is 30.8 Å². The first-order valence-electron chi connectivity index (χ1n) is 5.25. The monoisotopic (exact) mass is 306 g/mol. The predicted octanol–water partition coefficient (Wildman–Crippen LogP) is 2.00. The summed E-state index contributed by atoms with van der Waals surface area (Å²) >= 11 is 10.8. The lowest BCUT2D eigenvalue weighted by Gasteiger charge is -2.21. The van der Waals surface area contributed by atoms with Crippen LogP contribution in [0.1, 0.15) is 19.4 Å². The van der Waals surface area contributed by atoms with Gasteiger partial charge in [0.1, 0.15) is 9.88 Å².